The Kier molecular flexibility index (Phi) is 6.90. The van der Waals surface area contributed by atoms with Crippen LogP contribution in [0.3, 0.4) is 0 Å². The van der Waals surface area contributed by atoms with Gasteiger partial charge in [0.25, 0.3) is 0 Å². The van der Waals surface area contributed by atoms with Gasteiger partial charge in [-0.25, -0.2) is 0 Å². The van der Waals surface area contributed by atoms with Gasteiger partial charge in [-0.15, -0.1) is 0 Å². The zero-order valence-electron chi connectivity index (χ0n) is 32.1. The van der Waals surface area contributed by atoms with Crippen LogP contribution in [-0.2, 0) is 0 Å². The van der Waals surface area contributed by atoms with Crippen LogP contribution < -0.4 is 42.4 Å². The number of hydrogen-bond acceptors (Lipinski definition) is 2. The molecule has 0 bridgehead atoms. The Labute approximate surface area is 343 Å². The molecule has 5 heteroatoms. The molecule has 3 nitrogen and oxygen atoms in total. The number of aromatic nitrogens is 1. The number of ether oxygens (including phenoxy) is 1. The minimum Gasteiger partial charge on any atom is -0.453 e. The van der Waals surface area contributed by atoms with Crippen LogP contribution in [0.25, 0.3) is 49.7 Å². The monoisotopic (exact) mass is 748 g/mol. The summed E-state index contributed by atoms with van der Waals surface area (Å²) in [6.45, 7) is -0.128. The molecule has 3 aliphatic rings. The third-order valence-electron chi connectivity index (χ3n) is 12.9. The van der Waals surface area contributed by atoms with Crippen LogP contribution in [-0.4, -0.2) is 18.0 Å². The van der Waals surface area contributed by atoms with Gasteiger partial charge in [-0.2, -0.15) is 0 Å². The molecule has 0 radical (unpaired) electrons. The van der Waals surface area contributed by atoms with Crippen molar-refractivity contribution in [2.45, 2.75) is 0 Å². The number of rotatable bonds is 4. The molecule has 0 spiro atoms. The maximum atomic E-state index is 6.82. The highest BCUT2D eigenvalue weighted by Crippen LogP contribution is 2.52. The third-order valence-corrected chi connectivity index (χ3v) is 12.9. The first-order valence-corrected chi connectivity index (χ1v) is 20.5. The van der Waals surface area contributed by atoms with E-state index in [4.69, 9.17) is 4.74 Å². The van der Waals surface area contributed by atoms with Gasteiger partial charge in [0.1, 0.15) is 0 Å². The van der Waals surface area contributed by atoms with Gasteiger partial charge in [-0.1, -0.05) is 181 Å². The fraction of sp³-hybridized carbons (Fsp3) is 0. The van der Waals surface area contributed by atoms with Crippen molar-refractivity contribution in [1.29, 1.82) is 0 Å². The van der Waals surface area contributed by atoms with Crippen LogP contribution in [0.5, 0.6) is 11.5 Å². The number of fused-ring (bicyclic) bond motifs is 10. The highest BCUT2D eigenvalue weighted by molar-refractivity contribution is 7.02. The van der Waals surface area contributed by atoms with Crippen LogP contribution >= 0.6 is 0 Å². The predicted octanol–water partition coefficient (Wildman–Crippen LogP) is 9.35. The lowest BCUT2D eigenvalue weighted by atomic mass is 9.31. The highest BCUT2D eigenvalue weighted by Gasteiger charge is 2.45. The molecule has 1 aromatic heterocycles. The Balaban J connectivity index is 1.22. The van der Waals surface area contributed by atoms with E-state index in [1.807, 2.05) is 0 Å². The van der Waals surface area contributed by atoms with Gasteiger partial charge < -0.3 is 14.2 Å². The standard InChI is InChI=1S/C54H34B2N2O/c1-3-18-35(19-4-1)37-22-7-10-25-40(37)55-42-27-12-14-30-46(42)57-45-29-13-9-24-39(45)51-52-48(34-44(55)54(51)57)58-47-31-15-16-32-49(47)59-50-33-17-28-43(53(50)58)56(52)41-26-11-8-23-38(41)36-20-5-2-6-21-36/h1-34H. The van der Waals surface area contributed by atoms with Gasteiger partial charge in [0.05, 0.1) is 16.9 Å². The van der Waals surface area contributed by atoms with Crippen LogP contribution in [0.4, 0.5) is 17.1 Å². The second-order valence-corrected chi connectivity index (χ2v) is 15.9. The number of benzene rings is 9. The van der Waals surface area contributed by atoms with Gasteiger partial charge >= 0.3 is 0 Å². The molecule has 0 saturated heterocycles. The summed E-state index contributed by atoms with van der Waals surface area (Å²) in [7, 11) is 0. The zero-order valence-corrected chi connectivity index (χ0v) is 32.1. The molecule has 9 aromatic carbocycles. The van der Waals surface area contributed by atoms with Gasteiger partial charge in [0, 0.05) is 27.7 Å². The van der Waals surface area contributed by atoms with Crippen molar-refractivity contribution in [3.63, 3.8) is 0 Å². The topological polar surface area (TPSA) is 17.4 Å². The maximum Gasteiger partial charge on any atom is 0.248 e. The molecule has 59 heavy (non-hydrogen) atoms. The minimum atomic E-state index is -0.0954. The maximum absolute atomic E-state index is 6.82. The Morgan fingerprint density at radius 3 is 1.69 bits per heavy atom. The molecule has 0 N–H and O–H groups in total. The Bertz CT molecular complexity index is 3340. The normalized spacial score (nSPS) is 13.1. The van der Waals surface area contributed by atoms with Crippen LogP contribution in [0, 0.1) is 0 Å². The smallest absolute Gasteiger partial charge is 0.248 e. The fourth-order valence-electron chi connectivity index (χ4n) is 10.6. The second-order valence-electron chi connectivity index (χ2n) is 15.9. The largest absolute Gasteiger partial charge is 0.453 e. The Morgan fingerprint density at radius 1 is 0.390 bits per heavy atom. The molecule has 3 aliphatic heterocycles. The first kappa shape index (κ1) is 32.6. The van der Waals surface area contributed by atoms with Crippen molar-refractivity contribution in [3.05, 3.63) is 206 Å². The number of nitrogens with zero attached hydrogens (tertiary/aromatic N) is 2. The second kappa shape index (κ2) is 12.5. The zero-order chi connectivity index (χ0) is 38.6. The van der Waals surface area contributed by atoms with Gasteiger partial charge in [-0.05, 0) is 80.5 Å². The molecule has 4 heterocycles. The van der Waals surface area contributed by atoms with Crippen LogP contribution in [0.2, 0.25) is 0 Å². The van der Waals surface area contributed by atoms with Crippen molar-refractivity contribution < 1.29 is 4.74 Å². The summed E-state index contributed by atoms with van der Waals surface area (Å²) in [6, 6.07) is 75.7. The van der Waals surface area contributed by atoms with Crippen molar-refractivity contribution >= 4 is 85.1 Å². The average Bonchev–Trinajstić information content (AvgIpc) is 3.66. The van der Waals surface area contributed by atoms with Gasteiger partial charge in [0.15, 0.2) is 11.5 Å². The number of para-hydroxylation sites is 5. The van der Waals surface area contributed by atoms with Crippen LogP contribution in [0.1, 0.15) is 0 Å². The van der Waals surface area contributed by atoms with E-state index in [0.717, 1.165) is 22.9 Å². The van der Waals surface area contributed by atoms with Crippen molar-refractivity contribution in [2.75, 3.05) is 4.90 Å². The fourth-order valence-corrected chi connectivity index (χ4v) is 10.6. The van der Waals surface area contributed by atoms with Crippen molar-refractivity contribution in [2.24, 2.45) is 0 Å². The highest BCUT2D eigenvalue weighted by atomic mass is 16.5. The molecule has 0 aliphatic carbocycles. The lowest BCUT2D eigenvalue weighted by Gasteiger charge is -2.42. The van der Waals surface area contributed by atoms with Gasteiger partial charge in [0.2, 0.25) is 13.4 Å². The van der Waals surface area contributed by atoms with E-state index in [9.17, 15) is 0 Å². The molecule has 0 unspecified atom stereocenters. The lowest BCUT2D eigenvalue weighted by Crippen LogP contribution is -2.61. The molecule has 0 atom stereocenters. The van der Waals surface area contributed by atoms with E-state index < -0.39 is 0 Å². The Hall–Kier alpha value is -7.49. The van der Waals surface area contributed by atoms with E-state index in [2.05, 4.69) is 216 Å². The van der Waals surface area contributed by atoms with Crippen LogP contribution in [0.15, 0.2) is 206 Å². The summed E-state index contributed by atoms with van der Waals surface area (Å²) in [5, 5.41) is 2.56. The van der Waals surface area contributed by atoms with E-state index in [1.165, 1.54) is 88.2 Å². The lowest BCUT2D eigenvalue weighted by molar-refractivity contribution is 0.477. The molecule has 0 saturated carbocycles. The van der Waals surface area contributed by atoms with Crippen molar-refractivity contribution in [1.82, 2.24) is 4.57 Å². The molecule has 272 valence electrons. The summed E-state index contributed by atoms with van der Waals surface area (Å²) in [4.78, 5) is 2.52. The molecular weight excluding hydrogens is 714 g/mol. The summed E-state index contributed by atoms with van der Waals surface area (Å²) >= 11 is 0. The molecule has 13 rings (SSSR count). The summed E-state index contributed by atoms with van der Waals surface area (Å²) in [6.07, 6.45) is 0. The average molecular weight is 749 g/mol. The van der Waals surface area contributed by atoms with E-state index in [1.54, 1.807) is 0 Å². The summed E-state index contributed by atoms with van der Waals surface area (Å²) in [5.41, 5.74) is 19.7. The van der Waals surface area contributed by atoms with Gasteiger partial charge in [-0.3, -0.25) is 0 Å². The first-order chi connectivity index (χ1) is 29.3. The quantitative estimate of drug-likeness (QED) is 0.167. The molecule has 10 aromatic rings. The Morgan fingerprint density at radius 2 is 0.949 bits per heavy atom. The van der Waals surface area contributed by atoms with E-state index >= 15 is 0 Å². The van der Waals surface area contributed by atoms with E-state index in [0.29, 0.717) is 0 Å². The molecule has 0 amide bonds. The number of hydrogen-bond donors (Lipinski definition) is 0. The minimum absolute atomic E-state index is 0.0322. The first-order valence-electron chi connectivity index (χ1n) is 20.5. The third kappa shape index (κ3) is 4.56. The van der Waals surface area contributed by atoms with Crippen molar-refractivity contribution in [3.8, 4) is 39.4 Å². The molecular formula is C54H34B2N2O. The SMILES string of the molecule is c1ccc(-c2ccccc2B2c3cccc4c3N(c3ccccc3O4)c3cc4c5c(c32)c2ccccc2n5-c2ccccc2B4c2ccccc2-c2ccccc2)cc1. The summed E-state index contributed by atoms with van der Waals surface area (Å²) < 4.78 is 9.39. The van der Waals surface area contributed by atoms with E-state index in [-0.39, 0.29) is 13.4 Å². The summed E-state index contributed by atoms with van der Waals surface area (Å²) in [5.74, 6) is 1.74. The number of anilines is 3. The predicted molar refractivity (Wildman–Crippen MR) is 249 cm³/mol. The molecule has 0 fully saturated rings.